The number of hydrogen-bond acceptors (Lipinski definition) is 6. The van der Waals surface area contributed by atoms with E-state index < -0.39 is 30.4 Å². The molecule has 5 amide bonds. The van der Waals surface area contributed by atoms with Gasteiger partial charge in [0.2, 0.25) is 11.8 Å². The number of primary amides is 1. The van der Waals surface area contributed by atoms with Crippen LogP contribution in [-0.4, -0.2) is 88.3 Å². The third-order valence-electron chi connectivity index (χ3n) is 4.05. The summed E-state index contributed by atoms with van der Waals surface area (Å²) in [5.74, 6) is 0.212. The van der Waals surface area contributed by atoms with Gasteiger partial charge in [0, 0.05) is 24.7 Å². The predicted octanol–water partition coefficient (Wildman–Crippen LogP) is -2.39. The number of thioether (sulfide) groups is 1. The minimum atomic E-state index is -0.735. The number of imide groups is 1. The van der Waals surface area contributed by atoms with Gasteiger partial charge in [0.05, 0.1) is 12.6 Å². The van der Waals surface area contributed by atoms with Crippen LogP contribution in [0.15, 0.2) is 0 Å². The van der Waals surface area contributed by atoms with E-state index in [1.807, 2.05) is 0 Å². The molecule has 2 atom stereocenters. The van der Waals surface area contributed by atoms with Gasteiger partial charge in [0.25, 0.3) is 5.91 Å². The molecule has 9 nitrogen and oxygen atoms in total. The first-order valence-electron chi connectivity index (χ1n) is 6.99. The second kappa shape index (κ2) is 5.76. The van der Waals surface area contributed by atoms with Crippen molar-refractivity contribution >= 4 is 35.5 Å². The summed E-state index contributed by atoms with van der Waals surface area (Å²) >= 11 is 1.65. The van der Waals surface area contributed by atoms with Crippen LogP contribution in [0.25, 0.3) is 0 Å². The number of urea groups is 1. The summed E-state index contributed by atoms with van der Waals surface area (Å²) in [6, 6.07) is -1.44. The highest BCUT2D eigenvalue weighted by Gasteiger charge is 2.49. The number of hydrogen-bond donors (Lipinski definition) is 2. The highest BCUT2D eigenvalue weighted by Crippen LogP contribution is 2.23. The number of nitrogens with two attached hydrogens (primary N) is 1. The van der Waals surface area contributed by atoms with Crippen molar-refractivity contribution in [2.24, 2.45) is 5.73 Å². The van der Waals surface area contributed by atoms with Crippen LogP contribution in [0.1, 0.15) is 0 Å². The zero-order valence-electron chi connectivity index (χ0n) is 11.9. The third kappa shape index (κ3) is 2.52. The lowest BCUT2D eigenvalue weighted by atomic mass is 10.1. The molecule has 0 spiro atoms. The summed E-state index contributed by atoms with van der Waals surface area (Å²) in [5.41, 5.74) is 5.07. The highest BCUT2D eigenvalue weighted by atomic mass is 32.2. The fourth-order valence-corrected chi connectivity index (χ4v) is 3.86. The lowest BCUT2D eigenvalue weighted by Crippen LogP contribution is -2.57. The molecule has 10 heteroatoms. The molecule has 0 aliphatic carbocycles. The molecule has 0 aromatic heterocycles. The second-order valence-electron chi connectivity index (χ2n) is 5.44. The molecule has 0 radical (unpaired) electrons. The Morgan fingerprint density at radius 1 is 1.32 bits per heavy atom. The summed E-state index contributed by atoms with van der Waals surface area (Å²) in [6.45, 7) is 0.429. The van der Waals surface area contributed by atoms with E-state index in [0.29, 0.717) is 12.3 Å². The normalized spacial score (nSPS) is 28.3. The van der Waals surface area contributed by atoms with E-state index in [4.69, 9.17) is 5.73 Å². The van der Waals surface area contributed by atoms with Crippen molar-refractivity contribution in [2.45, 2.75) is 12.1 Å². The molecule has 3 fully saturated rings. The van der Waals surface area contributed by atoms with E-state index in [1.165, 1.54) is 4.90 Å². The van der Waals surface area contributed by atoms with Crippen LogP contribution in [0, 0.1) is 0 Å². The number of amides is 5. The Balaban J connectivity index is 1.69. The Hall–Kier alpha value is -1.81. The van der Waals surface area contributed by atoms with Crippen LogP contribution in [0.2, 0.25) is 0 Å². The van der Waals surface area contributed by atoms with Gasteiger partial charge in [-0.2, -0.15) is 0 Å². The van der Waals surface area contributed by atoms with Gasteiger partial charge < -0.3 is 15.5 Å². The van der Waals surface area contributed by atoms with E-state index in [-0.39, 0.29) is 25.0 Å². The Morgan fingerprint density at radius 3 is 2.73 bits per heavy atom. The topological polar surface area (TPSA) is 116 Å². The number of carbonyl (C=O) groups is 4. The average Bonchev–Trinajstić information content (AvgIpc) is 3.10. The van der Waals surface area contributed by atoms with Crippen molar-refractivity contribution in [2.75, 3.05) is 37.8 Å². The molecule has 3 aliphatic rings. The van der Waals surface area contributed by atoms with Gasteiger partial charge >= 0.3 is 6.03 Å². The molecule has 0 saturated carbocycles. The summed E-state index contributed by atoms with van der Waals surface area (Å²) < 4.78 is 0. The van der Waals surface area contributed by atoms with Crippen molar-refractivity contribution in [3.8, 4) is 0 Å². The summed E-state index contributed by atoms with van der Waals surface area (Å²) in [7, 11) is 0. The van der Waals surface area contributed by atoms with Crippen LogP contribution in [-0.2, 0) is 14.4 Å². The molecule has 0 aromatic carbocycles. The Labute approximate surface area is 131 Å². The number of piperazine rings is 1. The number of nitrogens with zero attached hydrogens (tertiary/aromatic N) is 3. The van der Waals surface area contributed by atoms with Gasteiger partial charge in [-0.05, 0) is 0 Å². The van der Waals surface area contributed by atoms with Crippen LogP contribution in [0.4, 0.5) is 4.79 Å². The van der Waals surface area contributed by atoms with E-state index in [1.54, 1.807) is 16.7 Å². The lowest BCUT2D eigenvalue weighted by molar-refractivity contribution is -0.138. The van der Waals surface area contributed by atoms with Crippen LogP contribution in [0.5, 0.6) is 0 Å². The Morgan fingerprint density at radius 2 is 2.09 bits per heavy atom. The maximum atomic E-state index is 12.4. The zero-order chi connectivity index (χ0) is 15.9. The van der Waals surface area contributed by atoms with Crippen molar-refractivity contribution in [3.63, 3.8) is 0 Å². The highest BCUT2D eigenvalue weighted by molar-refractivity contribution is 7.99. The van der Waals surface area contributed by atoms with Gasteiger partial charge in [-0.1, -0.05) is 0 Å². The summed E-state index contributed by atoms with van der Waals surface area (Å²) in [6.07, 6.45) is 0. The summed E-state index contributed by atoms with van der Waals surface area (Å²) in [4.78, 5) is 51.6. The molecule has 3 saturated heterocycles. The summed E-state index contributed by atoms with van der Waals surface area (Å²) in [5, 5.41) is 3.10. The molecule has 0 bridgehead atoms. The van der Waals surface area contributed by atoms with Gasteiger partial charge in [0.1, 0.15) is 12.6 Å². The van der Waals surface area contributed by atoms with E-state index in [0.717, 1.165) is 10.8 Å². The fourth-order valence-electron chi connectivity index (χ4n) is 2.93. The number of carbonyl (C=O) groups excluding carboxylic acids is 4. The molecule has 3 rings (SSSR count). The number of fused-ring (bicyclic) bond motifs is 1. The van der Waals surface area contributed by atoms with Gasteiger partial charge in [0.15, 0.2) is 0 Å². The van der Waals surface area contributed by atoms with Crippen molar-refractivity contribution in [1.29, 1.82) is 0 Å². The van der Waals surface area contributed by atoms with Crippen molar-refractivity contribution < 1.29 is 19.2 Å². The lowest BCUT2D eigenvalue weighted by Gasteiger charge is -2.36. The molecule has 0 unspecified atom stereocenters. The molecule has 120 valence electrons. The van der Waals surface area contributed by atoms with Crippen molar-refractivity contribution in [3.05, 3.63) is 0 Å². The smallest absolute Gasteiger partial charge is 0.328 e. The predicted molar refractivity (Wildman–Crippen MR) is 77.6 cm³/mol. The van der Waals surface area contributed by atoms with Crippen molar-refractivity contribution in [1.82, 2.24) is 20.0 Å². The quantitative estimate of drug-likeness (QED) is 0.559. The average molecular weight is 327 g/mol. The molecule has 22 heavy (non-hydrogen) atoms. The Bertz CT molecular complexity index is 536. The molecular formula is C12H17N5O4S. The minimum absolute atomic E-state index is 0.0433. The fraction of sp³-hybridized carbons (Fsp3) is 0.667. The number of rotatable bonds is 3. The van der Waals surface area contributed by atoms with E-state index in [2.05, 4.69) is 5.32 Å². The molecular weight excluding hydrogens is 310 g/mol. The monoisotopic (exact) mass is 327 g/mol. The molecule has 3 heterocycles. The van der Waals surface area contributed by atoms with Gasteiger partial charge in [-0.3, -0.25) is 24.6 Å². The largest absolute Gasteiger partial charge is 0.368 e. The molecule has 0 aromatic rings. The Kier molecular flexibility index (Phi) is 3.96. The SMILES string of the molecule is NC(=O)CN1C(=O)[C@@H]2CN(C(=O)[C@@H]3CSCN3)CCN2C1=O. The third-order valence-corrected chi connectivity index (χ3v) is 4.99. The minimum Gasteiger partial charge on any atom is -0.368 e. The van der Waals surface area contributed by atoms with Crippen LogP contribution < -0.4 is 11.1 Å². The van der Waals surface area contributed by atoms with Crippen LogP contribution in [0.3, 0.4) is 0 Å². The number of nitrogens with one attached hydrogen (secondary N) is 1. The molecule has 3 aliphatic heterocycles. The van der Waals surface area contributed by atoms with Gasteiger partial charge in [-0.25, -0.2) is 4.79 Å². The standard InChI is InChI=1S/C12H17N5O4S/c13-9(18)4-17-11(20)8-3-15(1-2-16(8)12(17)21)10(19)7-5-22-6-14-7/h7-8,14H,1-6H2,(H2,13,18)/t7-,8-/m0/s1. The first kappa shape index (κ1) is 15.1. The van der Waals surface area contributed by atoms with Gasteiger partial charge in [-0.15, -0.1) is 11.8 Å². The maximum absolute atomic E-state index is 12.4. The van der Waals surface area contributed by atoms with E-state index >= 15 is 0 Å². The first-order valence-corrected chi connectivity index (χ1v) is 8.14. The zero-order valence-corrected chi connectivity index (χ0v) is 12.7. The molecule has 3 N–H and O–H groups in total. The van der Waals surface area contributed by atoms with E-state index in [9.17, 15) is 19.2 Å². The first-order chi connectivity index (χ1) is 10.5. The maximum Gasteiger partial charge on any atom is 0.328 e. The second-order valence-corrected chi connectivity index (χ2v) is 6.47. The van der Waals surface area contributed by atoms with Crippen LogP contribution >= 0.6 is 11.8 Å².